The smallest absolute Gasteiger partial charge is 0.155 e. The van der Waals surface area contributed by atoms with Crippen LogP contribution in [0.1, 0.15) is 0 Å². The van der Waals surface area contributed by atoms with Crippen LogP contribution in [-0.4, -0.2) is 24.6 Å². The minimum atomic E-state index is 0.642. The predicted molar refractivity (Wildman–Crippen MR) is 97.3 cm³/mol. The lowest BCUT2D eigenvalue weighted by molar-refractivity contribution is 0.941. The molecular weight excluding hydrogens is 410 g/mol. The second kappa shape index (κ2) is 6.51. The Morgan fingerprint density at radius 2 is 2.00 bits per heavy atom. The van der Waals surface area contributed by atoms with E-state index in [9.17, 15) is 0 Å². The van der Waals surface area contributed by atoms with Crippen LogP contribution in [0, 0.1) is 0 Å². The number of halogens is 2. The number of rotatable bonds is 3. The minimum absolute atomic E-state index is 0.642. The summed E-state index contributed by atoms with van der Waals surface area (Å²) >= 11 is 11.4. The van der Waals surface area contributed by atoms with Crippen molar-refractivity contribution in [3.05, 3.63) is 64.7 Å². The van der Waals surface area contributed by atoms with Crippen LogP contribution in [0.2, 0.25) is 5.02 Å². The number of aromatic nitrogens is 5. The van der Waals surface area contributed by atoms with Gasteiger partial charge in [-0.2, -0.15) is 5.10 Å². The van der Waals surface area contributed by atoms with Crippen LogP contribution in [0.4, 0.5) is 0 Å². The fourth-order valence-electron chi connectivity index (χ4n) is 2.22. The van der Waals surface area contributed by atoms with Crippen molar-refractivity contribution in [3.63, 3.8) is 0 Å². The molecule has 0 radical (unpaired) electrons. The van der Waals surface area contributed by atoms with E-state index in [1.165, 1.54) is 11.8 Å². The SMILES string of the molecule is Clc1c(Sc2cnc(Br)cn2)cccc1-c1ccn2nccc2n1. The van der Waals surface area contributed by atoms with Crippen molar-refractivity contribution in [2.24, 2.45) is 0 Å². The average molecular weight is 419 g/mol. The third-order valence-corrected chi connectivity index (χ3v) is 5.22. The summed E-state index contributed by atoms with van der Waals surface area (Å²) in [4.78, 5) is 14.0. The zero-order valence-corrected chi connectivity index (χ0v) is 15.3. The Kier molecular flexibility index (Phi) is 4.22. The van der Waals surface area contributed by atoms with Gasteiger partial charge in [0.1, 0.15) is 9.63 Å². The normalized spacial score (nSPS) is 11.1. The highest BCUT2D eigenvalue weighted by molar-refractivity contribution is 9.10. The second-order valence-corrected chi connectivity index (χ2v) is 7.10. The molecule has 3 heterocycles. The molecule has 8 heteroatoms. The van der Waals surface area contributed by atoms with Gasteiger partial charge in [0.2, 0.25) is 0 Å². The molecule has 0 spiro atoms. The van der Waals surface area contributed by atoms with E-state index in [4.69, 9.17) is 11.6 Å². The van der Waals surface area contributed by atoms with Crippen molar-refractivity contribution in [1.29, 1.82) is 0 Å². The summed E-state index contributed by atoms with van der Waals surface area (Å²) in [6.07, 6.45) is 6.95. The van der Waals surface area contributed by atoms with E-state index >= 15 is 0 Å². The molecule has 118 valence electrons. The molecule has 4 aromatic rings. The van der Waals surface area contributed by atoms with Gasteiger partial charge in [0, 0.05) is 22.7 Å². The van der Waals surface area contributed by atoms with E-state index < -0.39 is 0 Å². The van der Waals surface area contributed by atoms with E-state index in [0.717, 1.165) is 26.8 Å². The van der Waals surface area contributed by atoms with E-state index in [1.807, 2.05) is 36.5 Å². The second-order valence-electron chi connectivity index (χ2n) is 4.84. The molecule has 0 saturated heterocycles. The van der Waals surface area contributed by atoms with Crippen molar-refractivity contribution in [1.82, 2.24) is 24.6 Å². The maximum Gasteiger partial charge on any atom is 0.155 e. The molecule has 0 bridgehead atoms. The Bertz CT molecular complexity index is 1020. The topological polar surface area (TPSA) is 56.0 Å². The highest BCUT2D eigenvalue weighted by Crippen LogP contribution is 2.37. The molecule has 0 aliphatic rings. The van der Waals surface area contributed by atoms with Gasteiger partial charge in [0.15, 0.2) is 5.65 Å². The molecule has 1 aromatic carbocycles. The summed E-state index contributed by atoms with van der Waals surface area (Å²) in [5, 5.41) is 5.57. The first-order valence-corrected chi connectivity index (χ1v) is 8.94. The highest BCUT2D eigenvalue weighted by atomic mass is 79.9. The maximum atomic E-state index is 6.61. The lowest BCUT2D eigenvalue weighted by Gasteiger charge is -2.09. The Morgan fingerprint density at radius 3 is 2.83 bits per heavy atom. The number of hydrogen-bond donors (Lipinski definition) is 0. The number of nitrogens with zero attached hydrogens (tertiary/aromatic N) is 5. The van der Waals surface area contributed by atoms with E-state index in [0.29, 0.717) is 9.63 Å². The van der Waals surface area contributed by atoms with Crippen molar-refractivity contribution in [2.45, 2.75) is 9.92 Å². The molecule has 4 rings (SSSR count). The first-order valence-electron chi connectivity index (χ1n) is 6.95. The Hall–Kier alpha value is -1.96. The first kappa shape index (κ1) is 15.6. The predicted octanol–water partition coefficient (Wildman–Crippen LogP) is 4.75. The van der Waals surface area contributed by atoms with E-state index in [1.54, 1.807) is 23.1 Å². The third-order valence-electron chi connectivity index (χ3n) is 3.31. The van der Waals surface area contributed by atoms with Gasteiger partial charge in [0.25, 0.3) is 0 Å². The van der Waals surface area contributed by atoms with Gasteiger partial charge < -0.3 is 0 Å². The van der Waals surface area contributed by atoms with Crippen LogP contribution in [-0.2, 0) is 0 Å². The van der Waals surface area contributed by atoms with Gasteiger partial charge in [0.05, 0.1) is 29.3 Å². The van der Waals surface area contributed by atoms with Crippen LogP contribution in [0.5, 0.6) is 0 Å². The standard InChI is InChI=1S/C16H9BrClN5S/c17-13-8-20-15(9-19-13)24-12-3-1-2-10(16(12)18)11-5-7-23-14(22-11)4-6-21-23/h1-9H. The fourth-order valence-corrected chi connectivity index (χ4v) is 3.54. The lowest BCUT2D eigenvalue weighted by atomic mass is 10.1. The Labute approximate surface area is 155 Å². The molecule has 0 unspecified atom stereocenters. The van der Waals surface area contributed by atoms with Crippen LogP contribution in [0.25, 0.3) is 16.9 Å². The molecule has 0 aliphatic heterocycles. The summed E-state index contributed by atoms with van der Waals surface area (Å²) in [5.74, 6) is 0. The summed E-state index contributed by atoms with van der Waals surface area (Å²) in [6.45, 7) is 0. The molecule has 0 saturated carbocycles. The fraction of sp³-hybridized carbons (Fsp3) is 0. The van der Waals surface area contributed by atoms with E-state index in [-0.39, 0.29) is 0 Å². The van der Waals surface area contributed by atoms with E-state index in [2.05, 4.69) is 36.0 Å². The average Bonchev–Trinajstić information content (AvgIpc) is 3.06. The molecule has 3 aromatic heterocycles. The summed E-state index contributed by atoms with van der Waals surface area (Å²) < 4.78 is 2.41. The summed E-state index contributed by atoms with van der Waals surface area (Å²) in [6, 6.07) is 9.62. The summed E-state index contributed by atoms with van der Waals surface area (Å²) in [5.41, 5.74) is 2.45. The van der Waals surface area contributed by atoms with Crippen LogP contribution in [0.3, 0.4) is 0 Å². The van der Waals surface area contributed by atoms with Crippen molar-refractivity contribution < 1.29 is 0 Å². The van der Waals surface area contributed by atoms with Gasteiger partial charge in [-0.25, -0.2) is 19.5 Å². The molecular formula is C16H9BrClN5S. The molecule has 0 aliphatic carbocycles. The largest absolute Gasteiger partial charge is 0.245 e. The van der Waals surface area contributed by atoms with Crippen LogP contribution >= 0.6 is 39.3 Å². The van der Waals surface area contributed by atoms with Crippen LogP contribution < -0.4 is 0 Å². The Morgan fingerprint density at radius 1 is 1.08 bits per heavy atom. The molecule has 0 fully saturated rings. The molecule has 24 heavy (non-hydrogen) atoms. The molecule has 0 atom stereocenters. The number of hydrogen-bond acceptors (Lipinski definition) is 5. The number of fused-ring (bicyclic) bond motifs is 1. The quantitative estimate of drug-likeness (QED) is 0.480. The van der Waals surface area contributed by atoms with Gasteiger partial charge >= 0.3 is 0 Å². The molecule has 5 nitrogen and oxygen atoms in total. The minimum Gasteiger partial charge on any atom is -0.245 e. The van der Waals surface area contributed by atoms with Crippen molar-refractivity contribution in [3.8, 4) is 11.3 Å². The number of benzene rings is 1. The third kappa shape index (κ3) is 3.02. The summed E-state index contributed by atoms with van der Waals surface area (Å²) in [7, 11) is 0. The first-order chi connectivity index (χ1) is 11.7. The lowest BCUT2D eigenvalue weighted by Crippen LogP contribution is -1.92. The zero-order valence-electron chi connectivity index (χ0n) is 12.1. The zero-order chi connectivity index (χ0) is 16.5. The molecule has 0 N–H and O–H groups in total. The van der Waals surface area contributed by atoms with Crippen molar-refractivity contribution >= 4 is 44.9 Å². The monoisotopic (exact) mass is 417 g/mol. The van der Waals surface area contributed by atoms with Crippen molar-refractivity contribution in [2.75, 3.05) is 0 Å². The molecule has 0 amide bonds. The highest BCUT2D eigenvalue weighted by Gasteiger charge is 2.12. The van der Waals surface area contributed by atoms with Crippen LogP contribution in [0.15, 0.2) is 69.6 Å². The Balaban J connectivity index is 1.73. The van der Waals surface area contributed by atoms with Gasteiger partial charge in [-0.15, -0.1) is 0 Å². The van der Waals surface area contributed by atoms with Gasteiger partial charge in [-0.05, 0) is 28.1 Å². The van der Waals surface area contributed by atoms with Gasteiger partial charge in [-0.3, -0.25) is 0 Å². The maximum absolute atomic E-state index is 6.61. The van der Waals surface area contributed by atoms with Gasteiger partial charge in [-0.1, -0.05) is 35.5 Å².